The van der Waals surface area contributed by atoms with E-state index in [1.807, 2.05) is 19.9 Å². The summed E-state index contributed by atoms with van der Waals surface area (Å²) in [6.45, 7) is 3.87. The highest BCUT2D eigenvalue weighted by Crippen LogP contribution is 2.49. The van der Waals surface area contributed by atoms with Gasteiger partial charge < -0.3 is 25.5 Å². The van der Waals surface area contributed by atoms with E-state index in [0.717, 1.165) is 12.1 Å². The van der Waals surface area contributed by atoms with Crippen molar-refractivity contribution in [1.82, 2.24) is 9.47 Å². The molecule has 0 spiro atoms. The molecule has 0 fully saturated rings. The molecular formula is C24H28N4O4. The molecule has 1 amide bonds. The van der Waals surface area contributed by atoms with E-state index in [1.54, 1.807) is 50.5 Å². The van der Waals surface area contributed by atoms with Gasteiger partial charge in [-0.25, -0.2) is 4.57 Å². The Kier molecular flexibility index (Phi) is 6.73. The number of anilines is 2. The first kappa shape index (κ1) is 22.7. The summed E-state index contributed by atoms with van der Waals surface area (Å²) in [7, 11) is 3.18. The van der Waals surface area contributed by atoms with Crippen LogP contribution in [0.4, 0.5) is 17.1 Å². The van der Waals surface area contributed by atoms with Crippen LogP contribution in [0.1, 0.15) is 37.0 Å². The predicted molar refractivity (Wildman–Crippen MR) is 126 cm³/mol. The lowest BCUT2D eigenvalue weighted by atomic mass is 10.1. The topological polar surface area (TPSA) is 110 Å². The molecule has 0 aliphatic carbocycles. The number of carbonyl (C=O) groups is 1. The summed E-state index contributed by atoms with van der Waals surface area (Å²) in [4.78, 5) is 18.3. The number of aliphatic imine (C=N–C) groups is 1. The monoisotopic (exact) mass is 436 g/mol. The van der Waals surface area contributed by atoms with E-state index < -0.39 is 0 Å². The number of phenols is 1. The summed E-state index contributed by atoms with van der Waals surface area (Å²) in [5, 5.41) is 35.7. The fraction of sp³-hybridized carbons (Fsp3) is 0.250. The maximum absolute atomic E-state index is 12.4. The van der Waals surface area contributed by atoms with Gasteiger partial charge in [0.15, 0.2) is 11.4 Å². The average molecular weight is 437 g/mol. The largest absolute Gasteiger partial charge is 0.505 e. The maximum atomic E-state index is 12.4. The lowest BCUT2D eigenvalue weighted by Crippen LogP contribution is -2.21. The molecule has 3 aromatic rings. The van der Waals surface area contributed by atoms with Crippen molar-refractivity contribution in [3.8, 4) is 23.2 Å². The molecule has 0 aliphatic rings. The molecule has 0 aliphatic heterocycles. The van der Waals surface area contributed by atoms with Crippen LogP contribution in [0.25, 0.3) is 5.69 Å². The molecule has 0 bridgehead atoms. The zero-order valence-electron chi connectivity index (χ0n) is 18.6. The summed E-state index contributed by atoms with van der Waals surface area (Å²) in [6.07, 6.45) is 1.59. The zero-order chi connectivity index (χ0) is 23.4. The third-order valence-electron chi connectivity index (χ3n) is 4.96. The number of rotatable bonds is 7. The van der Waals surface area contributed by atoms with Gasteiger partial charge in [-0.15, -0.1) is 0 Å². The van der Waals surface area contributed by atoms with Gasteiger partial charge >= 0.3 is 0 Å². The standard InChI is InChI=1S/C24H28N4O4/c1-5-10-15(2)25-19-20(24(32)28(23(19)31)16-11-7-6-8-12-16)26-18-14-9-13-17(21(18)29)22(30)27(3)4/h6-9,11-14,26,29,31-32H,5,10H2,1-4H3. The lowest BCUT2D eigenvalue weighted by Gasteiger charge is -2.15. The molecule has 32 heavy (non-hydrogen) atoms. The van der Waals surface area contributed by atoms with Crippen molar-refractivity contribution in [3.05, 3.63) is 54.1 Å². The number of nitrogens with one attached hydrogen (secondary N) is 1. The SMILES string of the molecule is CCCC(C)=Nc1c(Nc2cccc(C(=O)N(C)C)c2O)c(O)n(-c2ccccc2)c1O. The van der Waals surface area contributed by atoms with Crippen molar-refractivity contribution in [2.75, 3.05) is 19.4 Å². The zero-order valence-corrected chi connectivity index (χ0v) is 18.6. The van der Waals surface area contributed by atoms with Gasteiger partial charge in [0.1, 0.15) is 5.69 Å². The maximum Gasteiger partial charge on any atom is 0.257 e. The van der Waals surface area contributed by atoms with Crippen molar-refractivity contribution < 1.29 is 20.1 Å². The Morgan fingerprint density at radius 3 is 2.34 bits per heavy atom. The van der Waals surface area contributed by atoms with Crippen LogP contribution >= 0.6 is 0 Å². The number of hydrogen-bond acceptors (Lipinski definition) is 6. The Hall–Kier alpha value is -3.94. The van der Waals surface area contributed by atoms with Crippen LogP contribution in [0.2, 0.25) is 0 Å². The van der Waals surface area contributed by atoms with Crippen molar-refractivity contribution in [2.24, 2.45) is 4.99 Å². The molecule has 0 unspecified atom stereocenters. The molecule has 8 nitrogen and oxygen atoms in total. The van der Waals surface area contributed by atoms with Crippen molar-refractivity contribution in [1.29, 1.82) is 0 Å². The number of carbonyl (C=O) groups excluding carboxylic acids is 1. The minimum absolute atomic E-state index is 0.110. The Labute approximate surface area is 187 Å². The van der Waals surface area contributed by atoms with Crippen molar-refractivity contribution >= 4 is 28.7 Å². The fourth-order valence-electron chi connectivity index (χ4n) is 3.38. The van der Waals surface area contributed by atoms with E-state index in [1.165, 1.54) is 15.5 Å². The van der Waals surface area contributed by atoms with Crippen LogP contribution in [0.15, 0.2) is 53.5 Å². The van der Waals surface area contributed by atoms with Gasteiger partial charge in [-0.1, -0.05) is 37.6 Å². The first-order valence-electron chi connectivity index (χ1n) is 10.3. The third-order valence-corrected chi connectivity index (χ3v) is 4.96. The first-order chi connectivity index (χ1) is 15.3. The summed E-state index contributed by atoms with van der Waals surface area (Å²) in [5.41, 5.74) is 1.88. The van der Waals surface area contributed by atoms with Crippen LogP contribution in [0, 0.1) is 0 Å². The Morgan fingerprint density at radius 1 is 1.03 bits per heavy atom. The van der Waals surface area contributed by atoms with Gasteiger partial charge in [0, 0.05) is 19.8 Å². The molecule has 1 aromatic heterocycles. The molecule has 1 heterocycles. The van der Waals surface area contributed by atoms with E-state index >= 15 is 0 Å². The van der Waals surface area contributed by atoms with Gasteiger partial charge in [0.05, 0.1) is 16.9 Å². The Bertz CT molecular complexity index is 1150. The van der Waals surface area contributed by atoms with Crippen molar-refractivity contribution in [3.63, 3.8) is 0 Å². The molecule has 0 saturated heterocycles. The average Bonchev–Trinajstić information content (AvgIpc) is 2.99. The normalized spacial score (nSPS) is 11.4. The van der Waals surface area contributed by atoms with E-state index in [4.69, 9.17) is 0 Å². The highest BCUT2D eigenvalue weighted by Gasteiger charge is 2.25. The highest BCUT2D eigenvalue weighted by atomic mass is 16.3. The number of benzene rings is 2. The van der Waals surface area contributed by atoms with E-state index in [0.29, 0.717) is 12.1 Å². The number of aromatic hydroxyl groups is 3. The molecule has 4 N–H and O–H groups in total. The number of amides is 1. The minimum Gasteiger partial charge on any atom is -0.505 e. The second-order valence-corrected chi connectivity index (χ2v) is 7.67. The Balaban J connectivity index is 2.17. The summed E-state index contributed by atoms with van der Waals surface area (Å²) in [6, 6.07) is 13.6. The summed E-state index contributed by atoms with van der Waals surface area (Å²) in [5.74, 6) is -1.15. The van der Waals surface area contributed by atoms with Crippen molar-refractivity contribution in [2.45, 2.75) is 26.7 Å². The molecule has 3 rings (SSSR count). The quantitative estimate of drug-likeness (QED) is 0.310. The third kappa shape index (κ3) is 4.39. The second-order valence-electron chi connectivity index (χ2n) is 7.67. The number of aromatic nitrogens is 1. The van der Waals surface area contributed by atoms with Crippen LogP contribution in [-0.4, -0.2) is 50.5 Å². The van der Waals surface area contributed by atoms with E-state index in [-0.39, 0.29) is 46.0 Å². The van der Waals surface area contributed by atoms with E-state index in [2.05, 4.69) is 10.3 Å². The molecule has 0 radical (unpaired) electrons. The number of nitrogens with zero attached hydrogens (tertiary/aromatic N) is 3. The molecule has 0 atom stereocenters. The van der Waals surface area contributed by atoms with Crippen LogP contribution < -0.4 is 5.32 Å². The predicted octanol–water partition coefficient (Wildman–Crippen LogP) is 4.93. The number of para-hydroxylation sites is 2. The van der Waals surface area contributed by atoms with Gasteiger partial charge in [-0.05, 0) is 37.6 Å². The van der Waals surface area contributed by atoms with Crippen LogP contribution in [0.5, 0.6) is 17.5 Å². The molecule has 8 heteroatoms. The summed E-state index contributed by atoms with van der Waals surface area (Å²) < 4.78 is 1.27. The van der Waals surface area contributed by atoms with Gasteiger partial charge in [0.2, 0.25) is 11.8 Å². The van der Waals surface area contributed by atoms with Crippen LogP contribution in [-0.2, 0) is 0 Å². The minimum atomic E-state index is -0.364. The number of hydrogen-bond donors (Lipinski definition) is 4. The van der Waals surface area contributed by atoms with Gasteiger partial charge in [-0.2, -0.15) is 0 Å². The number of phenolic OH excluding ortho intramolecular Hbond substituents is 1. The lowest BCUT2D eigenvalue weighted by molar-refractivity contribution is 0.0824. The van der Waals surface area contributed by atoms with Crippen LogP contribution in [0.3, 0.4) is 0 Å². The Morgan fingerprint density at radius 2 is 1.72 bits per heavy atom. The van der Waals surface area contributed by atoms with Gasteiger partial charge in [-0.3, -0.25) is 9.79 Å². The molecular weight excluding hydrogens is 408 g/mol. The molecule has 0 saturated carbocycles. The molecule has 2 aromatic carbocycles. The highest BCUT2D eigenvalue weighted by molar-refractivity contribution is 5.99. The first-order valence-corrected chi connectivity index (χ1v) is 10.3. The fourth-order valence-corrected chi connectivity index (χ4v) is 3.38. The molecule has 168 valence electrons. The van der Waals surface area contributed by atoms with Gasteiger partial charge in [0.25, 0.3) is 5.91 Å². The summed E-state index contributed by atoms with van der Waals surface area (Å²) >= 11 is 0. The second kappa shape index (κ2) is 9.47. The van der Waals surface area contributed by atoms with E-state index in [9.17, 15) is 20.1 Å². The smallest absolute Gasteiger partial charge is 0.257 e.